The van der Waals surface area contributed by atoms with E-state index in [-0.39, 0.29) is 23.9 Å². The Hall–Kier alpha value is -1.80. The van der Waals surface area contributed by atoms with Crippen LogP contribution in [0.25, 0.3) is 10.3 Å². The van der Waals surface area contributed by atoms with Crippen LogP contribution in [-0.4, -0.2) is 26.1 Å². The van der Waals surface area contributed by atoms with Gasteiger partial charge in [0.25, 0.3) is 5.56 Å². The van der Waals surface area contributed by atoms with Gasteiger partial charge in [0.2, 0.25) is 5.91 Å². The van der Waals surface area contributed by atoms with E-state index >= 15 is 0 Å². The molecule has 0 aromatic carbocycles. The summed E-state index contributed by atoms with van der Waals surface area (Å²) in [4.78, 5) is 29.1. The van der Waals surface area contributed by atoms with E-state index in [9.17, 15) is 9.59 Å². The Morgan fingerprint density at radius 1 is 1.44 bits per heavy atom. The van der Waals surface area contributed by atoms with E-state index in [1.165, 1.54) is 41.5 Å². The molecule has 134 valence electrons. The fraction of sp³-hybridized carbons (Fsp3) is 0.529. The molecule has 1 saturated carbocycles. The van der Waals surface area contributed by atoms with Crippen LogP contribution in [0.5, 0.6) is 0 Å². The average molecular weight is 379 g/mol. The molecule has 2 heterocycles. The summed E-state index contributed by atoms with van der Waals surface area (Å²) >= 11 is 6.56. The Labute approximate surface area is 155 Å². The molecular weight excluding hydrogens is 356 g/mol. The van der Waals surface area contributed by atoms with Crippen LogP contribution < -0.4 is 10.9 Å². The molecule has 1 aliphatic rings. The first kappa shape index (κ1) is 18.0. The molecule has 6 nitrogen and oxygen atoms in total. The number of hydrogen-bond donors (Lipinski definition) is 1. The monoisotopic (exact) mass is 378 g/mol. The molecule has 0 atom stereocenters. The predicted molar refractivity (Wildman–Crippen MR) is 103 cm³/mol. The maximum atomic E-state index is 12.6. The second-order valence-corrected chi connectivity index (χ2v) is 7.96. The van der Waals surface area contributed by atoms with Gasteiger partial charge in [0.15, 0.2) is 9.60 Å². The third kappa shape index (κ3) is 4.07. The van der Waals surface area contributed by atoms with Gasteiger partial charge in [-0.25, -0.2) is 4.98 Å². The van der Waals surface area contributed by atoms with Gasteiger partial charge in [-0.2, -0.15) is 0 Å². The van der Waals surface area contributed by atoms with E-state index in [0.29, 0.717) is 27.4 Å². The molecule has 3 rings (SSSR count). The fourth-order valence-electron chi connectivity index (χ4n) is 3.19. The normalized spacial score (nSPS) is 15.4. The highest BCUT2D eigenvalue weighted by atomic mass is 32.1. The van der Waals surface area contributed by atoms with Crippen molar-refractivity contribution in [1.82, 2.24) is 19.4 Å². The summed E-state index contributed by atoms with van der Waals surface area (Å²) in [5, 5.41) is 3.07. The lowest BCUT2D eigenvalue weighted by Gasteiger charge is -2.22. The molecule has 0 aliphatic heterocycles. The molecule has 25 heavy (non-hydrogen) atoms. The van der Waals surface area contributed by atoms with Gasteiger partial charge in [-0.1, -0.05) is 36.7 Å². The fourth-order valence-corrected chi connectivity index (χ4v) is 4.51. The number of rotatable bonds is 6. The Morgan fingerprint density at radius 2 is 2.20 bits per heavy atom. The van der Waals surface area contributed by atoms with E-state index in [4.69, 9.17) is 12.2 Å². The number of amides is 1. The quantitative estimate of drug-likeness (QED) is 0.620. The summed E-state index contributed by atoms with van der Waals surface area (Å²) in [6, 6.07) is 0.288. The molecular formula is C17H22N4O2S2. The van der Waals surface area contributed by atoms with Gasteiger partial charge in [-0.3, -0.25) is 14.2 Å². The minimum atomic E-state index is -0.144. The third-order valence-corrected chi connectivity index (χ3v) is 5.93. The molecule has 1 aliphatic carbocycles. The van der Waals surface area contributed by atoms with Crippen LogP contribution >= 0.6 is 23.6 Å². The summed E-state index contributed by atoms with van der Waals surface area (Å²) in [5.74, 6) is -0.00393. The van der Waals surface area contributed by atoms with Crippen molar-refractivity contribution < 1.29 is 4.79 Å². The van der Waals surface area contributed by atoms with E-state index in [1.807, 2.05) is 0 Å². The number of allylic oxidation sites excluding steroid dienone is 1. The van der Waals surface area contributed by atoms with Crippen molar-refractivity contribution in [3.8, 4) is 0 Å². The highest BCUT2D eigenvalue weighted by Crippen LogP contribution is 2.18. The van der Waals surface area contributed by atoms with Crippen LogP contribution in [-0.2, 0) is 17.9 Å². The predicted octanol–water partition coefficient (Wildman–Crippen LogP) is 3.01. The number of aromatic nitrogens is 3. The summed E-state index contributed by atoms with van der Waals surface area (Å²) in [6.45, 7) is 4.55. The minimum Gasteiger partial charge on any atom is -0.353 e. The van der Waals surface area contributed by atoms with Crippen LogP contribution in [0.1, 0.15) is 38.5 Å². The summed E-state index contributed by atoms with van der Waals surface area (Å²) in [6.07, 6.45) is 9.23. The third-order valence-electron chi connectivity index (χ3n) is 4.50. The number of carbonyl (C=O) groups is 1. The van der Waals surface area contributed by atoms with Crippen LogP contribution in [0.3, 0.4) is 0 Å². The second-order valence-electron chi connectivity index (χ2n) is 6.32. The minimum absolute atomic E-state index is 0.00393. The lowest BCUT2D eigenvalue weighted by molar-refractivity contribution is -0.122. The van der Waals surface area contributed by atoms with Gasteiger partial charge in [0.05, 0.1) is 6.33 Å². The SMILES string of the molecule is C=CCn1c(=S)sc2c(=O)n(CCC(=O)NC3CCCCC3)cnc21. The zero-order chi connectivity index (χ0) is 17.8. The van der Waals surface area contributed by atoms with Crippen molar-refractivity contribution in [3.63, 3.8) is 0 Å². The van der Waals surface area contributed by atoms with Crippen molar-refractivity contribution in [3.05, 3.63) is 33.3 Å². The second kappa shape index (κ2) is 8.05. The van der Waals surface area contributed by atoms with Gasteiger partial charge in [-0.15, -0.1) is 6.58 Å². The summed E-state index contributed by atoms with van der Waals surface area (Å²) < 4.78 is 4.42. The lowest BCUT2D eigenvalue weighted by atomic mass is 9.95. The summed E-state index contributed by atoms with van der Waals surface area (Å²) in [5.41, 5.74) is 0.442. The maximum absolute atomic E-state index is 12.6. The van der Waals surface area contributed by atoms with Crippen molar-refractivity contribution in [2.45, 2.75) is 57.7 Å². The standard InChI is InChI=1S/C17H22N4O2S2/c1-2-9-21-15-14(25-17(21)24)16(23)20(11-18-15)10-8-13(22)19-12-6-4-3-5-7-12/h2,11-12H,1,3-10H2,(H,19,22). The number of thiazole rings is 1. The Balaban J connectivity index is 1.70. The molecule has 1 fully saturated rings. The van der Waals surface area contributed by atoms with E-state index in [0.717, 1.165) is 12.8 Å². The lowest BCUT2D eigenvalue weighted by Crippen LogP contribution is -2.37. The first-order chi connectivity index (χ1) is 12.1. The van der Waals surface area contributed by atoms with Crippen molar-refractivity contribution in [2.24, 2.45) is 0 Å². The first-order valence-electron chi connectivity index (χ1n) is 8.59. The number of aryl methyl sites for hydroxylation is 1. The average Bonchev–Trinajstić information content (AvgIpc) is 2.92. The van der Waals surface area contributed by atoms with Gasteiger partial charge < -0.3 is 9.88 Å². The largest absolute Gasteiger partial charge is 0.353 e. The number of hydrogen-bond acceptors (Lipinski definition) is 5. The van der Waals surface area contributed by atoms with Gasteiger partial charge in [-0.05, 0) is 25.1 Å². The van der Waals surface area contributed by atoms with Crippen molar-refractivity contribution in [1.29, 1.82) is 0 Å². The molecule has 0 saturated heterocycles. The van der Waals surface area contributed by atoms with E-state index in [2.05, 4.69) is 16.9 Å². The smallest absolute Gasteiger partial charge is 0.272 e. The molecule has 0 bridgehead atoms. The van der Waals surface area contributed by atoms with Crippen LogP contribution in [0.4, 0.5) is 0 Å². The van der Waals surface area contributed by atoms with Crippen molar-refractivity contribution >= 4 is 39.8 Å². The Kier molecular flexibility index (Phi) is 5.80. The Morgan fingerprint density at radius 3 is 2.92 bits per heavy atom. The molecule has 1 N–H and O–H groups in total. The number of carbonyl (C=O) groups excluding carboxylic acids is 1. The molecule has 1 amide bonds. The number of nitrogens with one attached hydrogen (secondary N) is 1. The topological polar surface area (TPSA) is 68.9 Å². The Bertz CT molecular complexity index is 890. The van der Waals surface area contributed by atoms with Gasteiger partial charge in [0, 0.05) is 25.6 Å². The highest BCUT2D eigenvalue weighted by molar-refractivity contribution is 7.73. The highest BCUT2D eigenvalue weighted by Gasteiger charge is 2.16. The molecule has 0 radical (unpaired) electrons. The summed E-state index contributed by atoms with van der Waals surface area (Å²) in [7, 11) is 0. The molecule has 2 aromatic heterocycles. The first-order valence-corrected chi connectivity index (χ1v) is 9.81. The maximum Gasteiger partial charge on any atom is 0.272 e. The number of nitrogens with zero attached hydrogens (tertiary/aromatic N) is 3. The van der Waals surface area contributed by atoms with Gasteiger partial charge in [0.1, 0.15) is 4.70 Å². The molecule has 2 aromatic rings. The molecule has 0 unspecified atom stereocenters. The van der Waals surface area contributed by atoms with Crippen LogP contribution in [0.2, 0.25) is 0 Å². The van der Waals surface area contributed by atoms with Crippen LogP contribution in [0, 0.1) is 3.95 Å². The van der Waals surface area contributed by atoms with Gasteiger partial charge >= 0.3 is 0 Å². The van der Waals surface area contributed by atoms with E-state index < -0.39 is 0 Å². The molecule has 0 spiro atoms. The zero-order valence-corrected chi connectivity index (χ0v) is 15.7. The number of fused-ring (bicyclic) bond motifs is 1. The van der Waals surface area contributed by atoms with Crippen LogP contribution in [0.15, 0.2) is 23.8 Å². The van der Waals surface area contributed by atoms with E-state index in [1.54, 1.807) is 10.6 Å². The zero-order valence-electron chi connectivity index (χ0n) is 14.1. The van der Waals surface area contributed by atoms with Crippen molar-refractivity contribution in [2.75, 3.05) is 0 Å². The molecule has 8 heteroatoms.